The molecule has 0 fully saturated rings. The Kier molecular flexibility index (Phi) is 5.12. The normalized spacial score (nSPS) is 11.3. The van der Waals surface area contributed by atoms with E-state index >= 15 is 0 Å². The average Bonchev–Trinajstić information content (AvgIpc) is 3.06. The Bertz CT molecular complexity index is 779. The van der Waals surface area contributed by atoms with Gasteiger partial charge < -0.3 is 0 Å². The van der Waals surface area contributed by atoms with Gasteiger partial charge in [-0.25, -0.2) is 0 Å². The topological polar surface area (TPSA) is 94.4 Å². The van der Waals surface area contributed by atoms with Gasteiger partial charge in [0.05, 0.1) is 0 Å². The molecule has 0 saturated heterocycles. The van der Waals surface area contributed by atoms with Crippen molar-refractivity contribution in [2.24, 2.45) is 0 Å². The molecule has 0 saturated carbocycles. The van der Waals surface area contributed by atoms with Gasteiger partial charge in [0.2, 0.25) is 0 Å². The van der Waals surface area contributed by atoms with Crippen molar-refractivity contribution in [2.75, 3.05) is 20.2 Å². The second-order valence-electron chi connectivity index (χ2n) is 4.61. The Balaban J connectivity index is 2.32. The van der Waals surface area contributed by atoms with Gasteiger partial charge in [0.25, 0.3) is 0 Å². The summed E-state index contributed by atoms with van der Waals surface area (Å²) in [5.74, 6) is 0.553. The molecule has 2 aromatic rings. The first-order valence-electron chi connectivity index (χ1n) is 7.04. The quantitative estimate of drug-likeness (QED) is 0.674. The first kappa shape index (κ1) is 17.1. The summed E-state index contributed by atoms with van der Waals surface area (Å²) in [6.45, 7) is 4.67. The van der Waals surface area contributed by atoms with Crippen LogP contribution in [0, 0.1) is 0 Å². The van der Waals surface area contributed by atoms with Crippen LogP contribution in [0.25, 0.3) is 0 Å². The van der Waals surface area contributed by atoms with Gasteiger partial charge in [-0.3, -0.25) is 0 Å². The molecule has 0 bridgehead atoms. The molecule has 8 nitrogen and oxygen atoms in total. The summed E-state index contributed by atoms with van der Waals surface area (Å²) < 4.78 is 30.8. The van der Waals surface area contributed by atoms with Crippen LogP contribution in [-0.4, -0.2) is 58.6 Å². The molecule has 0 atom stereocenters. The number of aromatic nitrogens is 3. The molecule has 0 aliphatic heterocycles. The van der Waals surface area contributed by atoms with Crippen LogP contribution in [0.15, 0.2) is 30.6 Å². The van der Waals surface area contributed by atoms with Gasteiger partial charge in [0.15, 0.2) is 0 Å². The third-order valence-corrected chi connectivity index (χ3v) is 6.59. The maximum absolute atomic E-state index is 12.5. The Labute approximate surface area is 135 Å². The van der Waals surface area contributed by atoms with E-state index in [2.05, 4.69) is 10.1 Å². The number of amides is 1. The zero-order valence-electron chi connectivity index (χ0n) is 13.1. The van der Waals surface area contributed by atoms with Crippen molar-refractivity contribution in [1.29, 1.82) is 0 Å². The fraction of sp³-hybridized carbons (Fsp3) is 0.357. The molecule has 0 spiro atoms. The van der Waals surface area contributed by atoms with Crippen molar-refractivity contribution in [3.63, 3.8) is 0 Å². The molecule has 1 aromatic carbocycles. The minimum atomic E-state index is -4.75. The van der Waals surface area contributed by atoms with Crippen LogP contribution in [0.2, 0.25) is 0 Å². The third-order valence-electron chi connectivity index (χ3n) is 3.31. The Morgan fingerprint density at radius 1 is 1.22 bits per heavy atom. The van der Waals surface area contributed by atoms with Gasteiger partial charge in [-0.1, -0.05) is 0 Å². The van der Waals surface area contributed by atoms with Crippen LogP contribution in [0.1, 0.15) is 13.8 Å². The number of ether oxygens (including phenoxy) is 1. The van der Waals surface area contributed by atoms with E-state index in [9.17, 15) is 12.5 Å². The molecule has 1 heterocycles. The van der Waals surface area contributed by atoms with E-state index < -0.39 is 18.7 Å². The second-order valence-corrected chi connectivity index (χ2v) is 8.47. The predicted octanol–water partition coefficient (Wildman–Crippen LogP) is 0.0140. The number of methoxy groups -OCH3 is 1. The molecule has 124 valence electrons. The third kappa shape index (κ3) is 3.40. The van der Waals surface area contributed by atoms with Gasteiger partial charge in [-0.15, -0.1) is 0 Å². The van der Waals surface area contributed by atoms with E-state index in [0.717, 1.165) is 11.0 Å². The van der Waals surface area contributed by atoms with Crippen molar-refractivity contribution in [2.45, 2.75) is 13.8 Å². The summed E-state index contributed by atoms with van der Waals surface area (Å²) in [6.07, 6.45) is 1.13. The number of benzene rings is 1. The van der Waals surface area contributed by atoms with Crippen LogP contribution >= 0.6 is 0 Å². The van der Waals surface area contributed by atoms with Crippen LogP contribution < -0.4 is 13.9 Å². The number of rotatable bonds is 5. The molecule has 2 rings (SSSR count). The van der Waals surface area contributed by atoms with Crippen molar-refractivity contribution < 1.29 is 17.2 Å². The molecule has 0 aliphatic carbocycles. The summed E-state index contributed by atoms with van der Waals surface area (Å²) >= 11 is -4.75. The Hall–Kier alpha value is -2.25. The molecular weight excluding hydrogens is 367 g/mol. The summed E-state index contributed by atoms with van der Waals surface area (Å²) in [6, 6.07) is 5.57. The molecule has 1 aromatic heterocycles. The molecule has 23 heavy (non-hydrogen) atoms. The SMILES string of the molecule is CCN(CC)C(=O)n1cnc([Se](=O)(=O)c2ccc(OC)cc2)n1. The summed E-state index contributed by atoms with van der Waals surface area (Å²) in [5, 5.41) is 3.85. The van der Waals surface area contributed by atoms with E-state index in [4.69, 9.17) is 4.74 Å². The average molecular weight is 385 g/mol. The number of nitrogens with zero attached hydrogens (tertiary/aromatic N) is 4. The zero-order valence-corrected chi connectivity index (χ0v) is 14.8. The van der Waals surface area contributed by atoms with Crippen LogP contribution in [-0.2, 0) is 7.67 Å². The van der Waals surface area contributed by atoms with Crippen LogP contribution in [0.4, 0.5) is 4.79 Å². The standard InChI is InChI=1S/C14H18N4O4Se/c1-4-17(5-2)14(19)18-10-15-13(16-18)23(20,21)12-8-6-11(22-3)7-9-12/h6-10H,4-5H2,1-3H3. The fourth-order valence-corrected chi connectivity index (χ4v) is 4.24. The van der Waals surface area contributed by atoms with Crippen molar-refractivity contribution >= 4 is 27.9 Å². The monoisotopic (exact) mass is 386 g/mol. The summed E-state index contributed by atoms with van der Waals surface area (Å²) in [7, 11) is 1.50. The predicted molar refractivity (Wildman–Crippen MR) is 83.1 cm³/mol. The van der Waals surface area contributed by atoms with E-state index in [0.29, 0.717) is 18.8 Å². The second kappa shape index (κ2) is 6.89. The molecule has 0 N–H and O–H groups in total. The molecule has 9 heteroatoms. The van der Waals surface area contributed by atoms with Gasteiger partial charge in [0, 0.05) is 0 Å². The van der Waals surface area contributed by atoms with E-state index in [1.807, 2.05) is 13.8 Å². The van der Waals surface area contributed by atoms with Gasteiger partial charge in [-0.2, -0.15) is 0 Å². The summed E-state index contributed by atoms with van der Waals surface area (Å²) in [5.41, 5.74) is 0. The van der Waals surface area contributed by atoms with Crippen molar-refractivity contribution in [1.82, 2.24) is 19.7 Å². The molecular formula is C14H18N4O4Se. The van der Waals surface area contributed by atoms with E-state index in [1.54, 1.807) is 12.1 Å². The van der Waals surface area contributed by atoms with Gasteiger partial charge in [0.1, 0.15) is 0 Å². The fourth-order valence-electron chi connectivity index (χ4n) is 1.96. The zero-order chi connectivity index (χ0) is 17.0. The Morgan fingerprint density at radius 2 is 1.83 bits per heavy atom. The Morgan fingerprint density at radius 3 is 2.35 bits per heavy atom. The van der Waals surface area contributed by atoms with E-state index in [-0.39, 0.29) is 9.18 Å². The number of hydrogen-bond acceptors (Lipinski definition) is 6. The molecule has 0 unspecified atom stereocenters. The molecule has 0 radical (unpaired) electrons. The summed E-state index contributed by atoms with van der Waals surface area (Å²) in [4.78, 5) is 17.5. The first-order chi connectivity index (χ1) is 10.9. The van der Waals surface area contributed by atoms with Crippen molar-refractivity contribution in [3.05, 3.63) is 30.6 Å². The first-order valence-corrected chi connectivity index (χ1v) is 10.1. The maximum atomic E-state index is 12.5. The molecule has 0 aliphatic rings. The number of carbonyl (C=O) groups is 1. The molecule has 1 amide bonds. The van der Waals surface area contributed by atoms with Gasteiger partial charge >= 0.3 is 135 Å². The minimum absolute atomic E-state index is 0.107. The number of carbonyl (C=O) groups excluding carboxylic acids is 1. The van der Waals surface area contributed by atoms with Crippen LogP contribution in [0.3, 0.4) is 0 Å². The van der Waals surface area contributed by atoms with Gasteiger partial charge in [-0.05, 0) is 0 Å². The number of hydrogen-bond donors (Lipinski definition) is 0. The van der Waals surface area contributed by atoms with Crippen LogP contribution in [0.5, 0.6) is 5.75 Å². The van der Waals surface area contributed by atoms with Crippen molar-refractivity contribution in [3.8, 4) is 5.75 Å². The van der Waals surface area contributed by atoms with E-state index in [1.165, 1.54) is 24.1 Å².